The quantitative estimate of drug-likeness (QED) is 0.170. The van der Waals surface area contributed by atoms with Crippen LogP contribution in [0, 0.1) is 41.8 Å². The predicted molar refractivity (Wildman–Crippen MR) is 168 cm³/mol. The largest absolute Gasteiger partial charge is 0.396 e. The summed E-state index contributed by atoms with van der Waals surface area (Å²) in [6.07, 6.45) is 10.3. The van der Waals surface area contributed by atoms with Crippen LogP contribution in [-0.4, -0.2) is 36.3 Å². The first-order valence-corrected chi connectivity index (χ1v) is 16.3. The number of nitrogen functional groups attached to an aromatic ring is 1. The molecule has 0 aliphatic heterocycles. The zero-order valence-electron chi connectivity index (χ0n) is 22.7. The Hall–Kier alpha value is -2.85. The number of nitrogens with two attached hydrogens (primary N) is 1. The van der Waals surface area contributed by atoms with Crippen molar-refractivity contribution in [3.8, 4) is 24.3 Å². The van der Waals surface area contributed by atoms with Crippen LogP contribution in [0.5, 0.6) is 0 Å². The molecule has 0 heterocycles. The van der Waals surface area contributed by atoms with Gasteiger partial charge in [-0.05, 0) is 54.6 Å². The average Bonchev–Trinajstić information content (AvgIpc) is 2.84. The molecular weight excluding hydrogens is 635 g/mol. The maximum Gasteiger partial charge on any atom is 0.146 e. The first-order chi connectivity index (χ1) is 17.5. The fraction of sp³-hybridized carbons (Fsp3) is 0.241. The molecule has 0 radical (unpaired) electrons. The smallest absolute Gasteiger partial charge is 0.146 e. The molecule has 3 rings (SSSR count). The van der Waals surface area contributed by atoms with Gasteiger partial charge in [-0.2, -0.15) is 0 Å². The van der Waals surface area contributed by atoms with Gasteiger partial charge in [0.25, 0.3) is 0 Å². The Labute approximate surface area is 243 Å². The molecule has 38 heavy (non-hydrogen) atoms. The topological polar surface area (TPSA) is 32.5 Å². The van der Waals surface area contributed by atoms with Crippen LogP contribution in [0.4, 0.5) is 30.2 Å². The predicted octanol–water partition coefficient (Wildman–Crippen LogP) is 8.19. The van der Waals surface area contributed by atoms with E-state index in [2.05, 4.69) is 63.0 Å². The minimum Gasteiger partial charge on any atom is -0.396 e. The Morgan fingerprint density at radius 1 is 0.711 bits per heavy atom. The van der Waals surface area contributed by atoms with Crippen molar-refractivity contribution in [2.75, 3.05) is 43.7 Å². The van der Waals surface area contributed by atoms with Crippen LogP contribution in [0.1, 0.15) is 5.56 Å². The summed E-state index contributed by atoms with van der Waals surface area (Å²) < 4.78 is 40.0. The molecule has 0 saturated heterocycles. The second-order valence-electron chi connectivity index (χ2n) is 9.26. The van der Waals surface area contributed by atoms with E-state index in [1.54, 1.807) is 54.2 Å². The monoisotopic (exact) mass is 667 g/mol. The van der Waals surface area contributed by atoms with Crippen LogP contribution >= 0.6 is 31.9 Å². The van der Waals surface area contributed by atoms with E-state index in [0.717, 1.165) is 8.95 Å². The summed E-state index contributed by atoms with van der Waals surface area (Å²) in [5.74, 6) is 1.63. The van der Waals surface area contributed by atoms with Crippen molar-refractivity contribution in [3.05, 3.63) is 86.6 Å². The highest BCUT2D eigenvalue weighted by Gasteiger charge is 2.05. The lowest BCUT2D eigenvalue weighted by atomic mass is 10.2. The molecule has 0 spiro atoms. The summed E-state index contributed by atoms with van der Waals surface area (Å²) in [5.41, 5.74) is 9.94. The van der Waals surface area contributed by atoms with Crippen LogP contribution in [0.25, 0.3) is 0 Å². The number of nitrogens with zero attached hydrogens (tertiary/aromatic N) is 2. The van der Waals surface area contributed by atoms with Gasteiger partial charge in [0.1, 0.15) is 25.5 Å². The summed E-state index contributed by atoms with van der Waals surface area (Å²) in [6, 6.07) is 13.9. The standard InChI is InChI=1S/C10H10FN.C8H9BrFN.C6H5BrFN.C5H10Si/c1-4-8-5-6-9(11)10(7-8)12(2)3;1-11(2)8-5-6(9)3-4-7(8)10;7-4-1-2-5(8)6(9)3-4;1-5-6(2,3)4/h1,5-7H,2-3H3;3-5H,1-2H3;1-3H,9H2;1H,2-4H3. The second-order valence-corrected chi connectivity index (χ2v) is 15.9. The summed E-state index contributed by atoms with van der Waals surface area (Å²) >= 11 is 6.42. The molecule has 204 valence electrons. The average molecular weight is 670 g/mol. The maximum absolute atomic E-state index is 13.0. The minimum absolute atomic E-state index is 0.171. The summed E-state index contributed by atoms with van der Waals surface area (Å²) in [7, 11) is 6.07. The molecule has 0 aromatic heterocycles. The molecule has 9 heteroatoms. The zero-order chi connectivity index (χ0) is 29.6. The van der Waals surface area contributed by atoms with E-state index in [-0.39, 0.29) is 23.1 Å². The molecule has 0 saturated carbocycles. The van der Waals surface area contributed by atoms with E-state index in [0.29, 0.717) is 16.9 Å². The number of benzene rings is 3. The van der Waals surface area contributed by atoms with Crippen molar-refractivity contribution >= 4 is 57.0 Å². The highest BCUT2D eigenvalue weighted by Crippen LogP contribution is 2.22. The lowest BCUT2D eigenvalue weighted by molar-refractivity contribution is 0.625. The molecule has 2 N–H and O–H groups in total. The normalized spacial score (nSPS) is 9.63. The second kappa shape index (κ2) is 16.9. The third kappa shape index (κ3) is 14.2. The lowest BCUT2D eigenvalue weighted by Crippen LogP contribution is -2.15. The number of terminal acetylenes is 2. The Morgan fingerprint density at radius 2 is 1.11 bits per heavy atom. The third-order valence-corrected chi connectivity index (χ3v) is 6.23. The molecule has 3 nitrogen and oxygen atoms in total. The fourth-order valence-electron chi connectivity index (χ4n) is 2.29. The Balaban J connectivity index is 0.000000494. The van der Waals surface area contributed by atoms with E-state index in [9.17, 15) is 13.2 Å². The van der Waals surface area contributed by atoms with Gasteiger partial charge in [0.2, 0.25) is 0 Å². The van der Waals surface area contributed by atoms with Gasteiger partial charge in [-0.25, -0.2) is 13.2 Å². The molecule has 3 aromatic carbocycles. The maximum atomic E-state index is 13.0. The number of halogens is 5. The van der Waals surface area contributed by atoms with E-state index in [4.69, 9.17) is 18.6 Å². The zero-order valence-corrected chi connectivity index (χ0v) is 26.9. The van der Waals surface area contributed by atoms with Gasteiger partial charge in [-0.3, -0.25) is 0 Å². The molecule has 0 bridgehead atoms. The van der Waals surface area contributed by atoms with E-state index >= 15 is 0 Å². The molecule has 0 aliphatic rings. The number of hydrogen-bond acceptors (Lipinski definition) is 3. The van der Waals surface area contributed by atoms with Gasteiger partial charge < -0.3 is 15.5 Å². The molecule has 0 unspecified atom stereocenters. The first-order valence-electron chi connectivity index (χ1n) is 11.3. The van der Waals surface area contributed by atoms with E-state index in [1.165, 1.54) is 24.3 Å². The van der Waals surface area contributed by atoms with Gasteiger partial charge in [-0.1, -0.05) is 57.4 Å². The van der Waals surface area contributed by atoms with Crippen molar-refractivity contribution in [3.63, 3.8) is 0 Å². The van der Waals surface area contributed by atoms with E-state index < -0.39 is 8.07 Å². The Morgan fingerprint density at radius 3 is 1.45 bits per heavy atom. The van der Waals surface area contributed by atoms with Crippen LogP contribution in [0.3, 0.4) is 0 Å². The summed E-state index contributed by atoms with van der Waals surface area (Å²) in [5, 5.41) is 0. The first kappa shape index (κ1) is 35.1. The highest BCUT2D eigenvalue weighted by molar-refractivity contribution is 9.10. The third-order valence-electron chi connectivity index (χ3n) is 4.38. The summed E-state index contributed by atoms with van der Waals surface area (Å²) in [4.78, 5) is 3.43. The van der Waals surface area contributed by atoms with Gasteiger partial charge in [0.05, 0.1) is 17.1 Å². The van der Waals surface area contributed by atoms with Crippen molar-refractivity contribution in [1.29, 1.82) is 0 Å². The van der Waals surface area contributed by atoms with Crippen LogP contribution in [0.2, 0.25) is 19.6 Å². The fourth-order valence-corrected chi connectivity index (χ4v) is 3.02. The van der Waals surface area contributed by atoms with Crippen LogP contribution in [0.15, 0.2) is 63.5 Å². The Kier molecular flexibility index (Phi) is 15.6. The van der Waals surface area contributed by atoms with Crippen molar-refractivity contribution < 1.29 is 13.2 Å². The SMILES string of the molecule is C#C[Si](C)(C)C.C#Cc1ccc(F)c(N(C)C)c1.CN(C)c1cc(Br)ccc1F.Nc1cc(Br)ccc1F. The molecule has 0 amide bonds. The van der Waals surface area contributed by atoms with Crippen LogP contribution in [-0.2, 0) is 0 Å². The minimum atomic E-state index is -1.10. The van der Waals surface area contributed by atoms with E-state index in [1.807, 2.05) is 14.1 Å². The molecular formula is C29H34Br2F3N3Si. The van der Waals surface area contributed by atoms with Gasteiger partial charge >= 0.3 is 0 Å². The number of anilines is 3. The molecule has 3 aromatic rings. The van der Waals surface area contributed by atoms with Gasteiger partial charge in [0.15, 0.2) is 0 Å². The Bertz CT molecular complexity index is 1260. The number of hydrogen-bond donors (Lipinski definition) is 1. The van der Waals surface area contributed by atoms with Gasteiger partial charge in [-0.15, -0.1) is 18.4 Å². The van der Waals surface area contributed by atoms with Gasteiger partial charge in [0, 0.05) is 42.7 Å². The molecule has 0 aliphatic carbocycles. The van der Waals surface area contributed by atoms with Crippen LogP contribution < -0.4 is 15.5 Å². The number of rotatable bonds is 2. The summed E-state index contributed by atoms with van der Waals surface area (Å²) in [6.45, 7) is 6.44. The highest BCUT2D eigenvalue weighted by atomic mass is 79.9. The lowest BCUT2D eigenvalue weighted by Gasteiger charge is -2.13. The molecule has 0 atom stereocenters. The van der Waals surface area contributed by atoms with Crippen molar-refractivity contribution in [1.82, 2.24) is 0 Å². The molecule has 0 fully saturated rings. The van der Waals surface area contributed by atoms with Crippen molar-refractivity contribution in [2.24, 2.45) is 0 Å². The van der Waals surface area contributed by atoms with Crippen molar-refractivity contribution in [2.45, 2.75) is 19.6 Å².